The van der Waals surface area contributed by atoms with Gasteiger partial charge in [0.25, 0.3) is 0 Å². The third-order valence-corrected chi connectivity index (χ3v) is 9.85. The molecule has 5 nitrogen and oxygen atoms in total. The molecule has 8 aromatic carbocycles. The monoisotopic (exact) mass is 738 g/mol. The number of ether oxygens (including phenoxy) is 1. The molecule has 0 saturated heterocycles. The molecule has 0 aliphatic rings. The summed E-state index contributed by atoms with van der Waals surface area (Å²) in [5.41, 5.74) is 6.76. The second kappa shape index (κ2) is 16.3. The van der Waals surface area contributed by atoms with Crippen LogP contribution in [-0.2, 0) is 4.74 Å². The minimum Gasteiger partial charge on any atom is -0.386 e. The highest BCUT2D eigenvalue weighted by atomic mass is 16.6. The minimum absolute atomic E-state index is 0.110. The molecule has 0 heterocycles. The molecule has 0 spiro atoms. The van der Waals surface area contributed by atoms with Crippen molar-refractivity contribution in [2.24, 2.45) is 0 Å². The van der Waals surface area contributed by atoms with E-state index >= 15 is 0 Å². The molecule has 0 unspecified atom stereocenters. The van der Waals surface area contributed by atoms with Crippen LogP contribution in [0.1, 0.15) is 52.6 Å². The Bertz CT molecular complexity index is 2540. The molecule has 8 aromatic rings. The normalized spacial score (nSPS) is 10.7. The standard InChI is InChI=1S/C52H34O5/c53-49(39-27-15-5-16-28-39)41-31-33-43(47(37-23-11-3-12-24-37)45(41)35-19-7-1-8-20-35)51(55)57-52(56)44-34-32-42(50(54)40-29-17-6-18-30-40)46(36-21-9-2-10-22-36)48(44)38-25-13-4-14-26-38/h1-34H. The summed E-state index contributed by atoms with van der Waals surface area (Å²) in [4.78, 5) is 57.4. The molecule has 0 radical (unpaired) electrons. The SMILES string of the molecule is O=C(OC(=O)c1ccc(C(=O)c2ccccc2)c(-c2ccccc2)c1-c1ccccc1)c1ccc(C(=O)c2ccccc2)c(-c2ccccc2)c1-c1ccccc1. The summed E-state index contributed by atoms with van der Waals surface area (Å²) in [6, 6.07) is 61.7. The van der Waals surface area contributed by atoms with Crippen LogP contribution in [0.5, 0.6) is 0 Å². The molecular formula is C52H34O5. The number of rotatable bonds is 10. The van der Waals surface area contributed by atoms with Crippen molar-refractivity contribution in [3.63, 3.8) is 0 Å². The first-order chi connectivity index (χ1) is 28.0. The number of hydrogen-bond donors (Lipinski definition) is 0. The van der Waals surface area contributed by atoms with Crippen molar-refractivity contribution < 1.29 is 23.9 Å². The van der Waals surface area contributed by atoms with Crippen LogP contribution in [0.15, 0.2) is 206 Å². The molecule has 5 heteroatoms. The van der Waals surface area contributed by atoms with Gasteiger partial charge in [-0.25, -0.2) is 9.59 Å². The van der Waals surface area contributed by atoms with Crippen LogP contribution in [0, 0.1) is 0 Å². The molecule has 0 amide bonds. The summed E-state index contributed by atoms with van der Waals surface area (Å²) in [6.07, 6.45) is 0. The molecular weight excluding hydrogens is 705 g/mol. The van der Waals surface area contributed by atoms with Gasteiger partial charge in [-0.15, -0.1) is 0 Å². The number of benzene rings is 8. The van der Waals surface area contributed by atoms with Crippen molar-refractivity contribution in [2.75, 3.05) is 0 Å². The Labute approximate surface area is 330 Å². The van der Waals surface area contributed by atoms with Crippen LogP contribution in [0.4, 0.5) is 0 Å². The average Bonchev–Trinajstić information content (AvgIpc) is 3.29. The summed E-state index contributed by atoms with van der Waals surface area (Å²) in [7, 11) is 0. The molecule has 0 aliphatic heterocycles. The zero-order valence-corrected chi connectivity index (χ0v) is 30.7. The zero-order chi connectivity index (χ0) is 39.1. The highest BCUT2D eigenvalue weighted by Gasteiger charge is 2.29. The lowest BCUT2D eigenvalue weighted by molar-refractivity contribution is 0.0398. The molecule has 0 saturated carbocycles. The first-order valence-electron chi connectivity index (χ1n) is 18.5. The van der Waals surface area contributed by atoms with Gasteiger partial charge >= 0.3 is 11.9 Å². The first kappa shape index (κ1) is 36.2. The zero-order valence-electron chi connectivity index (χ0n) is 30.7. The van der Waals surface area contributed by atoms with Crippen molar-refractivity contribution in [3.05, 3.63) is 240 Å². The summed E-state index contributed by atoms with van der Waals surface area (Å²) in [6.45, 7) is 0. The van der Waals surface area contributed by atoms with Gasteiger partial charge in [-0.3, -0.25) is 9.59 Å². The Hall–Kier alpha value is -7.76. The smallest absolute Gasteiger partial charge is 0.346 e. The fourth-order valence-electron chi connectivity index (χ4n) is 7.23. The van der Waals surface area contributed by atoms with Crippen molar-refractivity contribution in [3.8, 4) is 44.5 Å². The second-order valence-corrected chi connectivity index (χ2v) is 13.4. The predicted octanol–water partition coefficient (Wildman–Crippen LogP) is 11.8. The van der Waals surface area contributed by atoms with Crippen LogP contribution >= 0.6 is 0 Å². The number of ketones is 2. The molecule has 8 rings (SSSR count). The van der Waals surface area contributed by atoms with Crippen molar-refractivity contribution >= 4 is 23.5 Å². The Morgan fingerprint density at radius 1 is 0.263 bits per heavy atom. The van der Waals surface area contributed by atoms with Gasteiger partial charge in [0.05, 0.1) is 11.1 Å². The fourth-order valence-corrected chi connectivity index (χ4v) is 7.23. The highest BCUT2D eigenvalue weighted by molar-refractivity contribution is 6.19. The lowest BCUT2D eigenvalue weighted by Crippen LogP contribution is -2.17. The maximum atomic E-state index is 14.5. The van der Waals surface area contributed by atoms with Gasteiger partial charge in [-0.1, -0.05) is 182 Å². The van der Waals surface area contributed by atoms with Crippen molar-refractivity contribution in [1.29, 1.82) is 0 Å². The number of esters is 2. The average molecular weight is 739 g/mol. The molecule has 57 heavy (non-hydrogen) atoms. The number of carbonyl (C=O) groups is 4. The van der Waals surface area contributed by atoms with Crippen LogP contribution < -0.4 is 0 Å². The highest BCUT2D eigenvalue weighted by Crippen LogP contribution is 2.41. The van der Waals surface area contributed by atoms with Gasteiger partial charge in [0.1, 0.15) is 0 Å². The molecule has 0 fully saturated rings. The van der Waals surface area contributed by atoms with E-state index in [1.54, 1.807) is 48.5 Å². The lowest BCUT2D eigenvalue weighted by Gasteiger charge is -2.20. The van der Waals surface area contributed by atoms with Gasteiger partial charge in [0.2, 0.25) is 0 Å². The van der Waals surface area contributed by atoms with Gasteiger partial charge in [0.15, 0.2) is 11.6 Å². The van der Waals surface area contributed by atoms with E-state index in [1.165, 1.54) is 0 Å². The lowest BCUT2D eigenvalue weighted by atomic mass is 9.84. The van der Waals surface area contributed by atoms with Gasteiger partial charge < -0.3 is 4.74 Å². The molecule has 0 atom stereocenters. The third kappa shape index (κ3) is 7.38. The van der Waals surface area contributed by atoms with Gasteiger partial charge in [-0.2, -0.15) is 0 Å². The molecule has 0 aromatic heterocycles. The van der Waals surface area contributed by atoms with Gasteiger partial charge in [0, 0.05) is 44.5 Å². The van der Waals surface area contributed by atoms with Crippen LogP contribution in [0.2, 0.25) is 0 Å². The van der Waals surface area contributed by atoms with E-state index in [-0.39, 0.29) is 22.7 Å². The quantitative estimate of drug-likeness (QED) is 0.0793. The summed E-state index contributed by atoms with van der Waals surface area (Å²) >= 11 is 0. The summed E-state index contributed by atoms with van der Waals surface area (Å²) in [5.74, 6) is -2.21. The Kier molecular flexibility index (Phi) is 10.4. The van der Waals surface area contributed by atoms with Crippen LogP contribution in [0.25, 0.3) is 44.5 Å². The predicted molar refractivity (Wildman–Crippen MR) is 224 cm³/mol. The van der Waals surface area contributed by atoms with E-state index in [9.17, 15) is 19.2 Å². The van der Waals surface area contributed by atoms with Crippen molar-refractivity contribution in [1.82, 2.24) is 0 Å². The van der Waals surface area contributed by atoms with Crippen LogP contribution in [0.3, 0.4) is 0 Å². The number of carbonyl (C=O) groups excluding carboxylic acids is 4. The topological polar surface area (TPSA) is 77.5 Å². The van der Waals surface area contributed by atoms with E-state index in [0.717, 1.165) is 0 Å². The molecule has 0 bridgehead atoms. The van der Waals surface area contributed by atoms with Gasteiger partial charge in [-0.05, 0) is 46.5 Å². The maximum absolute atomic E-state index is 14.5. The molecule has 0 aliphatic carbocycles. The van der Waals surface area contributed by atoms with Crippen molar-refractivity contribution in [2.45, 2.75) is 0 Å². The van der Waals surface area contributed by atoms with E-state index in [1.807, 2.05) is 158 Å². The van der Waals surface area contributed by atoms with Crippen LogP contribution in [-0.4, -0.2) is 23.5 Å². The Morgan fingerprint density at radius 3 is 0.772 bits per heavy atom. The molecule has 272 valence electrons. The second-order valence-electron chi connectivity index (χ2n) is 13.4. The first-order valence-corrected chi connectivity index (χ1v) is 18.5. The summed E-state index contributed by atoms with van der Waals surface area (Å²) < 4.78 is 5.85. The van der Waals surface area contributed by atoms with E-state index in [2.05, 4.69) is 0 Å². The molecule has 0 N–H and O–H groups in total. The third-order valence-electron chi connectivity index (χ3n) is 9.85. The largest absolute Gasteiger partial charge is 0.386 e. The minimum atomic E-state index is -0.889. The maximum Gasteiger partial charge on any atom is 0.346 e. The Balaban J connectivity index is 1.29. The van der Waals surface area contributed by atoms with E-state index < -0.39 is 11.9 Å². The van der Waals surface area contributed by atoms with E-state index in [0.29, 0.717) is 66.8 Å². The Morgan fingerprint density at radius 2 is 0.491 bits per heavy atom. The summed E-state index contributed by atoms with van der Waals surface area (Å²) in [5, 5.41) is 0. The van der Waals surface area contributed by atoms with E-state index in [4.69, 9.17) is 4.74 Å². The number of hydrogen-bond acceptors (Lipinski definition) is 5. The fraction of sp³-hybridized carbons (Fsp3) is 0.